The van der Waals surface area contributed by atoms with Gasteiger partial charge in [0.15, 0.2) is 0 Å². The molecule has 1 atom stereocenters. The van der Waals surface area contributed by atoms with Crippen LogP contribution in [0.5, 0.6) is 0 Å². The Hall–Kier alpha value is -2.30. The summed E-state index contributed by atoms with van der Waals surface area (Å²) in [5.41, 5.74) is 5.18. The van der Waals surface area contributed by atoms with Crippen molar-refractivity contribution in [2.75, 3.05) is 44.2 Å². The van der Waals surface area contributed by atoms with Crippen molar-refractivity contribution in [3.63, 3.8) is 0 Å². The van der Waals surface area contributed by atoms with Crippen LogP contribution in [0.1, 0.15) is 84.6 Å². The Morgan fingerprint density at radius 3 is 2.33 bits per heavy atom. The Balaban J connectivity index is 1.35. The summed E-state index contributed by atoms with van der Waals surface area (Å²) >= 11 is 6.10. The van der Waals surface area contributed by atoms with Crippen LogP contribution in [0.2, 0.25) is 5.02 Å². The number of nitrogens with zero attached hydrogens (tertiary/aromatic N) is 3. The lowest BCUT2D eigenvalue weighted by atomic mass is 9.62. The predicted molar refractivity (Wildman–Crippen MR) is 181 cm³/mol. The summed E-state index contributed by atoms with van der Waals surface area (Å²) in [4.78, 5) is 7.68. The van der Waals surface area contributed by atoms with Crippen LogP contribution >= 0.6 is 11.6 Å². The molecule has 2 aromatic carbocycles. The van der Waals surface area contributed by atoms with E-state index in [0.29, 0.717) is 11.8 Å². The molecule has 0 N–H and O–H groups in total. The number of piperidine rings is 1. The molecule has 2 aromatic rings. The van der Waals surface area contributed by atoms with Crippen molar-refractivity contribution in [3.05, 3.63) is 88.5 Å². The normalized spacial score (nSPS) is 21.2. The molecule has 3 nitrogen and oxygen atoms in total. The van der Waals surface area contributed by atoms with Crippen LogP contribution in [0, 0.1) is 23.6 Å². The van der Waals surface area contributed by atoms with Crippen LogP contribution in [0.4, 0.5) is 10.1 Å². The van der Waals surface area contributed by atoms with E-state index in [2.05, 4.69) is 72.9 Å². The lowest BCUT2D eigenvalue weighted by Gasteiger charge is -2.50. The molecule has 2 aliphatic heterocycles. The summed E-state index contributed by atoms with van der Waals surface area (Å²) in [6, 6.07) is 15.9. The van der Waals surface area contributed by atoms with Crippen LogP contribution < -0.4 is 4.90 Å². The Labute approximate surface area is 265 Å². The summed E-state index contributed by atoms with van der Waals surface area (Å²) in [5, 5.41) is 0.798. The number of benzene rings is 2. The summed E-state index contributed by atoms with van der Waals surface area (Å²) in [5.74, 6) is 1.86. The minimum absolute atomic E-state index is 0.0835. The van der Waals surface area contributed by atoms with Gasteiger partial charge in [0.1, 0.15) is 5.82 Å². The zero-order valence-electron chi connectivity index (χ0n) is 27.0. The second-order valence-electron chi connectivity index (χ2n) is 13.7. The second-order valence-corrected chi connectivity index (χ2v) is 14.1. The molecular formula is C38H53ClFN3. The van der Waals surface area contributed by atoms with Gasteiger partial charge in [0.05, 0.1) is 0 Å². The van der Waals surface area contributed by atoms with E-state index in [0.717, 1.165) is 56.5 Å². The van der Waals surface area contributed by atoms with Gasteiger partial charge in [-0.05, 0) is 120 Å². The number of halogens is 2. The molecule has 3 fully saturated rings. The van der Waals surface area contributed by atoms with Gasteiger partial charge in [-0.15, -0.1) is 0 Å². The Morgan fingerprint density at radius 2 is 1.70 bits per heavy atom. The van der Waals surface area contributed by atoms with E-state index in [1.54, 1.807) is 6.07 Å². The lowest BCUT2D eigenvalue weighted by Crippen LogP contribution is -2.54. The second kappa shape index (κ2) is 14.7. The first kappa shape index (κ1) is 32.1. The first-order valence-corrected chi connectivity index (χ1v) is 17.2. The fourth-order valence-corrected chi connectivity index (χ4v) is 8.31. The molecule has 5 rings (SSSR count). The molecule has 1 unspecified atom stereocenters. The molecule has 0 radical (unpaired) electrons. The van der Waals surface area contributed by atoms with E-state index in [1.807, 2.05) is 24.3 Å². The summed E-state index contributed by atoms with van der Waals surface area (Å²) < 4.78 is 15.0. The van der Waals surface area contributed by atoms with E-state index >= 15 is 0 Å². The minimum atomic E-state index is -0.101. The van der Waals surface area contributed by atoms with Crippen LogP contribution in [-0.2, 0) is 5.41 Å². The van der Waals surface area contributed by atoms with Crippen LogP contribution in [-0.4, -0.2) is 49.1 Å². The fraction of sp³-hybridized carbons (Fsp3) is 0.579. The van der Waals surface area contributed by atoms with Gasteiger partial charge in [0.25, 0.3) is 0 Å². The highest BCUT2D eigenvalue weighted by atomic mass is 35.5. The third-order valence-corrected chi connectivity index (χ3v) is 11.2. The summed E-state index contributed by atoms with van der Waals surface area (Å²) in [6.45, 7) is 15.5. The quantitative estimate of drug-likeness (QED) is 0.238. The molecule has 43 heavy (non-hydrogen) atoms. The average Bonchev–Trinajstić information content (AvgIpc) is 3.51. The molecule has 5 heteroatoms. The number of rotatable bonds is 12. The van der Waals surface area contributed by atoms with E-state index in [-0.39, 0.29) is 11.2 Å². The van der Waals surface area contributed by atoms with Crippen molar-refractivity contribution in [1.82, 2.24) is 9.80 Å². The van der Waals surface area contributed by atoms with Crippen LogP contribution in [0.3, 0.4) is 0 Å². The van der Waals surface area contributed by atoms with Gasteiger partial charge in [-0.25, -0.2) is 4.39 Å². The largest absolute Gasteiger partial charge is 0.371 e. The molecule has 0 aromatic heterocycles. The minimum Gasteiger partial charge on any atom is -0.371 e. The van der Waals surface area contributed by atoms with Crippen LogP contribution in [0.25, 0.3) is 0 Å². The van der Waals surface area contributed by atoms with Crippen molar-refractivity contribution in [3.8, 4) is 0 Å². The third kappa shape index (κ3) is 7.68. The smallest absolute Gasteiger partial charge is 0.123 e. The van der Waals surface area contributed by atoms with E-state index in [9.17, 15) is 4.39 Å². The molecule has 1 aliphatic carbocycles. The first-order chi connectivity index (χ1) is 20.8. The number of hydrogen-bond acceptors (Lipinski definition) is 3. The van der Waals surface area contributed by atoms with Gasteiger partial charge >= 0.3 is 0 Å². The highest BCUT2D eigenvalue weighted by Gasteiger charge is 2.45. The monoisotopic (exact) mass is 605 g/mol. The maximum absolute atomic E-state index is 15.0. The maximum atomic E-state index is 15.0. The van der Waals surface area contributed by atoms with Crippen LogP contribution in [0.15, 0.2) is 72.1 Å². The molecule has 1 saturated carbocycles. The number of likely N-dealkylation sites (tertiary alicyclic amines) is 1. The molecule has 0 spiro atoms. The van der Waals surface area contributed by atoms with Crippen molar-refractivity contribution in [2.45, 2.75) is 84.5 Å². The molecule has 2 saturated heterocycles. The molecule has 234 valence electrons. The first-order valence-electron chi connectivity index (χ1n) is 16.9. The molecule has 3 aliphatic rings. The van der Waals surface area contributed by atoms with Gasteiger partial charge in [-0.1, -0.05) is 68.0 Å². The fourth-order valence-electron chi connectivity index (χ4n) is 8.18. The van der Waals surface area contributed by atoms with Gasteiger partial charge < -0.3 is 14.7 Å². The lowest BCUT2D eigenvalue weighted by molar-refractivity contribution is 0.0815. The Bertz CT molecular complexity index is 1240. The van der Waals surface area contributed by atoms with Crippen molar-refractivity contribution < 1.29 is 4.39 Å². The number of anilines is 1. The van der Waals surface area contributed by atoms with Gasteiger partial charge in [0, 0.05) is 53.9 Å². The Kier molecular flexibility index (Phi) is 10.9. The third-order valence-electron chi connectivity index (χ3n) is 10.9. The van der Waals surface area contributed by atoms with E-state index in [1.165, 1.54) is 67.6 Å². The summed E-state index contributed by atoms with van der Waals surface area (Å²) in [6.07, 6.45) is 14.3. The van der Waals surface area contributed by atoms with Crippen molar-refractivity contribution in [2.24, 2.45) is 17.8 Å². The highest BCUT2D eigenvalue weighted by molar-refractivity contribution is 6.30. The molecule has 0 amide bonds. The number of hydrogen-bond donors (Lipinski definition) is 0. The summed E-state index contributed by atoms with van der Waals surface area (Å²) in [7, 11) is 0. The van der Waals surface area contributed by atoms with Crippen molar-refractivity contribution >= 4 is 17.3 Å². The van der Waals surface area contributed by atoms with Crippen molar-refractivity contribution in [1.29, 1.82) is 0 Å². The van der Waals surface area contributed by atoms with Gasteiger partial charge in [-0.3, -0.25) is 0 Å². The zero-order valence-corrected chi connectivity index (χ0v) is 27.8. The maximum Gasteiger partial charge on any atom is 0.123 e. The standard InChI is InChI=1S/C38H53ClFN3/c1-5-20-42(30(4)29(3)6-2)28-38(24-31-10-7-8-11-31,34-12-9-13-36(40)23-34)33-18-21-41(22-19-33)25-32-26-43(27-32)37-16-14-35(39)15-17-37/h5,9,12-17,20,23,31-33H,6-8,10-11,18-19,21-22,24-28H2,1-4H3/b20-5-,30-29+. The molecule has 0 bridgehead atoms. The van der Waals surface area contributed by atoms with Gasteiger partial charge in [0.2, 0.25) is 0 Å². The SMILES string of the molecule is C/C=C\N(CC(CC1CCCC1)(c1cccc(F)c1)C1CCN(CC2CN(c3ccc(Cl)cc3)C2)CC1)/C(C)=C(\C)CC. The predicted octanol–water partition coefficient (Wildman–Crippen LogP) is 9.69. The Morgan fingerprint density at radius 1 is 1.00 bits per heavy atom. The van der Waals surface area contributed by atoms with E-state index < -0.39 is 0 Å². The molecule has 2 heterocycles. The van der Waals surface area contributed by atoms with E-state index in [4.69, 9.17) is 11.6 Å². The average molecular weight is 606 g/mol. The topological polar surface area (TPSA) is 9.72 Å². The highest BCUT2D eigenvalue weighted by Crippen LogP contribution is 2.48. The number of allylic oxidation sites excluding steroid dienone is 3. The zero-order chi connectivity index (χ0) is 30.4. The van der Waals surface area contributed by atoms with Gasteiger partial charge in [-0.2, -0.15) is 0 Å². The molecular weight excluding hydrogens is 553 g/mol.